The van der Waals surface area contributed by atoms with E-state index in [2.05, 4.69) is 27.3 Å². The van der Waals surface area contributed by atoms with Crippen LogP contribution in [0.1, 0.15) is 18.9 Å². The zero-order valence-electron chi connectivity index (χ0n) is 11.7. The summed E-state index contributed by atoms with van der Waals surface area (Å²) in [5.74, 6) is 0.212. The van der Waals surface area contributed by atoms with E-state index in [9.17, 15) is 9.90 Å². The van der Waals surface area contributed by atoms with Crippen LogP contribution in [0, 0.1) is 5.92 Å². The number of halogens is 1. The molecule has 0 aromatic heterocycles. The number of rotatable bonds is 4. The smallest absolute Gasteiger partial charge is 0.317 e. The van der Waals surface area contributed by atoms with Crippen LogP contribution in [0.4, 0.5) is 4.79 Å². The van der Waals surface area contributed by atoms with Gasteiger partial charge in [-0.1, -0.05) is 34.1 Å². The lowest BCUT2D eigenvalue weighted by atomic mass is 10.0. The van der Waals surface area contributed by atoms with E-state index in [0.717, 1.165) is 23.9 Å². The van der Waals surface area contributed by atoms with Gasteiger partial charge in [0.15, 0.2) is 0 Å². The van der Waals surface area contributed by atoms with E-state index in [4.69, 9.17) is 0 Å². The van der Waals surface area contributed by atoms with Crippen LogP contribution in [0.3, 0.4) is 0 Å². The first-order valence-corrected chi connectivity index (χ1v) is 7.81. The molecule has 2 rings (SSSR count). The molecule has 1 aromatic rings. The molecule has 2 N–H and O–H groups in total. The van der Waals surface area contributed by atoms with Crippen molar-refractivity contribution in [1.82, 2.24) is 10.2 Å². The summed E-state index contributed by atoms with van der Waals surface area (Å²) in [6.07, 6.45) is 1.35. The number of hydrogen-bond donors (Lipinski definition) is 2. The minimum Gasteiger partial charge on any atom is -0.393 e. The molecule has 1 aliphatic rings. The monoisotopic (exact) mass is 340 g/mol. The molecule has 1 heterocycles. The molecule has 2 amide bonds. The van der Waals surface area contributed by atoms with Crippen LogP contribution in [-0.4, -0.2) is 41.8 Å². The van der Waals surface area contributed by atoms with Gasteiger partial charge in [-0.15, -0.1) is 0 Å². The molecule has 1 saturated heterocycles. The Morgan fingerprint density at radius 2 is 2.30 bits per heavy atom. The molecule has 0 spiro atoms. The molecule has 2 atom stereocenters. The minimum absolute atomic E-state index is 0.0276. The van der Waals surface area contributed by atoms with E-state index in [1.165, 1.54) is 5.56 Å². The topological polar surface area (TPSA) is 52.6 Å². The van der Waals surface area contributed by atoms with Crippen LogP contribution < -0.4 is 5.32 Å². The Morgan fingerprint density at radius 1 is 1.55 bits per heavy atom. The number of aliphatic hydroxyl groups is 1. The Morgan fingerprint density at radius 3 is 2.95 bits per heavy atom. The molecule has 110 valence electrons. The summed E-state index contributed by atoms with van der Waals surface area (Å²) in [7, 11) is 0. The Bertz CT molecular complexity index is 465. The average Bonchev–Trinajstić information content (AvgIpc) is 2.91. The lowest BCUT2D eigenvalue weighted by Crippen LogP contribution is -2.39. The predicted octanol–water partition coefficient (Wildman–Crippen LogP) is 2.40. The molecule has 0 aliphatic carbocycles. The van der Waals surface area contributed by atoms with Crippen molar-refractivity contribution in [3.8, 4) is 0 Å². The average molecular weight is 341 g/mol. The Labute approximate surface area is 128 Å². The van der Waals surface area contributed by atoms with E-state index < -0.39 is 0 Å². The molecule has 0 radical (unpaired) electrons. The fraction of sp³-hybridized carbons (Fsp3) is 0.533. The number of aliphatic hydroxyl groups excluding tert-OH is 1. The number of carbonyl (C=O) groups is 1. The quantitative estimate of drug-likeness (QED) is 0.884. The molecule has 5 heteroatoms. The van der Waals surface area contributed by atoms with E-state index in [1.54, 1.807) is 11.8 Å². The molecule has 0 bridgehead atoms. The van der Waals surface area contributed by atoms with Gasteiger partial charge in [0, 0.05) is 30.0 Å². The molecular weight excluding hydrogens is 320 g/mol. The van der Waals surface area contributed by atoms with Crippen LogP contribution in [0.2, 0.25) is 0 Å². The van der Waals surface area contributed by atoms with Crippen molar-refractivity contribution in [2.45, 2.75) is 25.9 Å². The summed E-state index contributed by atoms with van der Waals surface area (Å²) in [6, 6.07) is 8.00. The van der Waals surface area contributed by atoms with Gasteiger partial charge in [-0.3, -0.25) is 0 Å². The minimum atomic E-state index is -0.340. The molecular formula is C15H21BrN2O2. The Hall–Kier alpha value is -1.07. The van der Waals surface area contributed by atoms with Crippen molar-refractivity contribution in [2.24, 2.45) is 5.92 Å². The maximum atomic E-state index is 12.0. The van der Waals surface area contributed by atoms with Gasteiger partial charge in [0.1, 0.15) is 0 Å². The predicted molar refractivity (Wildman–Crippen MR) is 82.6 cm³/mol. The Kier molecular flexibility index (Phi) is 5.43. The standard InChI is InChI=1S/C15H21BrN2O2/c1-11(19)13-7-9-18(10-13)15(20)17-8-6-12-4-2-3-5-14(12)16/h2-5,11,13,19H,6-10H2,1H3,(H,17,20)/t11-,13-/m0/s1. The van der Waals surface area contributed by atoms with Gasteiger partial charge in [0.25, 0.3) is 0 Å². The largest absolute Gasteiger partial charge is 0.393 e. The van der Waals surface area contributed by atoms with Gasteiger partial charge in [-0.2, -0.15) is 0 Å². The second-order valence-electron chi connectivity index (χ2n) is 5.31. The van der Waals surface area contributed by atoms with Crippen molar-refractivity contribution in [2.75, 3.05) is 19.6 Å². The number of carbonyl (C=O) groups excluding carboxylic acids is 1. The summed E-state index contributed by atoms with van der Waals surface area (Å²) in [6.45, 7) is 3.80. The number of nitrogens with zero attached hydrogens (tertiary/aromatic N) is 1. The van der Waals surface area contributed by atoms with Crippen molar-refractivity contribution < 1.29 is 9.90 Å². The van der Waals surface area contributed by atoms with E-state index in [0.29, 0.717) is 13.1 Å². The van der Waals surface area contributed by atoms with Gasteiger partial charge < -0.3 is 15.3 Å². The maximum absolute atomic E-state index is 12.0. The second kappa shape index (κ2) is 7.09. The second-order valence-corrected chi connectivity index (χ2v) is 6.16. The number of nitrogens with one attached hydrogen (secondary N) is 1. The lowest BCUT2D eigenvalue weighted by Gasteiger charge is -2.18. The van der Waals surface area contributed by atoms with E-state index in [-0.39, 0.29) is 18.1 Å². The summed E-state index contributed by atoms with van der Waals surface area (Å²) < 4.78 is 1.07. The molecule has 20 heavy (non-hydrogen) atoms. The Balaban J connectivity index is 1.75. The molecule has 4 nitrogen and oxygen atoms in total. The third-order valence-corrected chi connectivity index (χ3v) is 4.60. The van der Waals surface area contributed by atoms with Crippen LogP contribution in [-0.2, 0) is 6.42 Å². The van der Waals surface area contributed by atoms with Gasteiger partial charge >= 0.3 is 6.03 Å². The summed E-state index contributed by atoms with van der Waals surface area (Å²) in [5.41, 5.74) is 1.19. The number of urea groups is 1. The summed E-state index contributed by atoms with van der Waals surface area (Å²) >= 11 is 3.50. The molecule has 1 fully saturated rings. The fourth-order valence-corrected chi connectivity index (χ4v) is 2.97. The van der Waals surface area contributed by atoms with Crippen molar-refractivity contribution in [3.05, 3.63) is 34.3 Å². The highest BCUT2D eigenvalue weighted by Gasteiger charge is 2.28. The SMILES string of the molecule is C[C@H](O)[C@H]1CCN(C(=O)NCCc2ccccc2Br)C1. The third kappa shape index (κ3) is 3.96. The fourth-order valence-electron chi connectivity index (χ4n) is 2.48. The van der Waals surface area contributed by atoms with Gasteiger partial charge in [-0.25, -0.2) is 4.79 Å². The number of amides is 2. The van der Waals surface area contributed by atoms with Crippen molar-refractivity contribution in [1.29, 1.82) is 0 Å². The van der Waals surface area contributed by atoms with Crippen LogP contribution in [0.5, 0.6) is 0 Å². The molecule has 0 saturated carbocycles. The third-order valence-electron chi connectivity index (χ3n) is 3.82. The maximum Gasteiger partial charge on any atom is 0.317 e. The van der Waals surface area contributed by atoms with Crippen LogP contribution >= 0.6 is 15.9 Å². The first-order chi connectivity index (χ1) is 9.58. The van der Waals surface area contributed by atoms with E-state index >= 15 is 0 Å². The van der Waals surface area contributed by atoms with E-state index in [1.807, 2.05) is 18.2 Å². The molecule has 0 unspecified atom stereocenters. The summed E-state index contributed by atoms with van der Waals surface area (Å²) in [5, 5.41) is 12.5. The number of likely N-dealkylation sites (tertiary alicyclic amines) is 1. The van der Waals surface area contributed by atoms with Crippen LogP contribution in [0.15, 0.2) is 28.7 Å². The van der Waals surface area contributed by atoms with Crippen molar-refractivity contribution in [3.63, 3.8) is 0 Å². The first-order valence-electron chi connectivity index (χ1n) is 7.02. The molecule has 1 aliphatic heterocycles. The van der Waals surface area contributed by atoms with Gasteiger partial charge in [0.05, 0.1) is 6.10 Å². The highest BCUT2D eigenvalue weighted by molar-refractivity contribution is 9.10. The first kappa shape index (κ1) is 15.3. The number of hydrogen-bond acceptors (Lipinski definition) is 2. The highest BCUT2D eigenvalue weighted by Crippen LogP contribution is 2.19. The molecule has 1 aromatic carbocycles. The van der Waals surface area contributed by atoms with Gasteiger partial charge in [-0.05, 0) is 31.4 Å². The zero-order valence-corrected chi connectivity index (χ0v) is 13.3. The van der Waals surface area contributed by atoms with Crippen LogP contribution in [0.25, 0.3) is 0 Å². The number of benzene rings is 1. The van der Waals surface area contributed by atoms with Crippen molar-refractivity contribution >= 4 is 22.0 Å². The highest BCUT2D eigenvalue weighted by atomic mass is 79.9. The van der Waals surface area contributed by atoms with Gasteiger partial charge in [0.2, 0.25) is 0 Å². The lowest BCUT2D eigenvalue weighted by molar-refractivity contribution is 0.129. The normalized spacial score (nSPS) is 19.9. The summed E-state index contributed by atoms with van der Waals surface area (Å²) in [4.78, 5) is 13.8. The zero-order chi connectivity index (χ0) is 14.5.